The second-order valence-corrected chi connectivity index (χ2v) is 7.22. The number of phenolic OH excluding ortho intramolecular Hbond substituents is 1. The van der Waals surface area contributed by atoms with Crippen LogP contribution in [0.3, 0.4) is 0 Å². The molecule has 0 aliphatic rings. The fourth-order valence-corrected chi connectivity index (χ4v) is 3.06. The van der Waals surface area contributed by atoms with E-state index in [9.17, 15) is 5.11 Å². The van der Waals surface area contributed by atoms with Gasteiger partial charge in [0.25, 0.3) is 0 Å². The lowest BCUT2D eigenvalue weighted by atomic mass is 10.1. The predicted octanol–water partition coefficient (Wildman–Crippen LogP) is 6.31. The lowest BCUT2D eigenvalue weighted by molar-refractivity contribution is 0.286. The smallest absolute Gasteiger partial charge is 0.161 e. The van der Waals surface area contributed by atoms with E-state index in [0.29, 0.717) is 29.6 Å². The van der Waals surface area contributed by atoms with Crippen molar-refractivity contribution in [1.29, 1.82) is 0 Å². The molecule has 0 saturated heterocycles. The molecule has 32 heavy (non-hydrogen) atoms. The van der Waals surface area contributed by atoms with Crippen LogP contribution in [0.25, 0.3) is 24.3 Å². The lowest BCUT2D eigenvalue weighted by Crippen LogP contribution is -1.99. The fourth-order valence-electron chi connectivity index (χ4n) is 3.06. The highest BCUT2D eigenvalue weighted by Gasteiger charge is 2.05. The third-order valence-electron chi connectivity index (χ3n) is 4.83. The molecule has 0 spiro atoms. The van der Waals surface area contributed by atoms with Crippen molar-refractivity contribution in [2.24, 2.45) is 0 Å². The van der Waals surface area contributed by atoms with Gasteiger partial charge in [0.15, 0.2) is 28.8 Å². The fraction of sp³-hybridized carbons (Fsp3) is 0.269. The van der Waals surface area contributed by atoms with Gasteiger partial charge in [-0.1, -0.05) is 49.2 Å². The standard InChI is InChI=1S/C26H29NO5/c1-4-5-6-15-31-24-14-10-19(17-26(24)30-3)7-11-21-18-22(32-27-21)12-8-20-9-13-23(28)25(16-20)29-2/h7-14,16-18,28H,4-6,15H2,1-3H3/b11-7+,12-8+. The Morgan fingerprint density at radius 2 is 1.56 bits per heavy atom. The van der Waals surface area contributed by atoms with Gasteiger partial charge in [0, 0.05) is 6.07 Å². The van der Waals surface area contributed by atoms with Crippen molar-refractivity contribution in [3.63, 3.8) is 0 Å². The van der Waals surface area contributed by atoms with Gasteiger partial charge in [-0.05, 0) is 54.0 Å². The molecule has 2 aromatic carbocycles. The average molecular weight is 436 g/mol. The Labute approximate surface area is 188 Å². The average Bonchev–Trinajstić information content (AvgIpc) is 3.28. The van der Waals surface area contributed by atoms with Crippen LogP contribution in [-0.2, 0) is 0 Å². The molecule has 1 N–H and O–H groups in total. The van der Waals surface area contributed by atoms with Crippen molar-refractivity contribution in [3.8, 4) is 23.0 Å². The number of phenols is 1. The maximum Gasteiger partial charge on any atom is 0.161 e. The third kappa shape index (κ3) is 6.41. The number of ether oxygens (including phenoxy) is 3. The first-order chi connectivity index (χ1) is 15.6. The molecule has 0 unspecified atom stereocenters. The molecule has 0 fully saturated rings. The summed E-state index contributed by atoms with van der Waals surface area (Å²) in [4.78, 5) is 0. The first-order valence-electron chi connectivity index (χ1n) is 10.6. The van der Waals surface area contributed by atoms with Crippen LogP contribution >= 0.6 is 0 Å². The molecule has 0 atom stereocenters. The first-order valence-corrected chi connectivity index (χ1v) is 10.6. The molecule has 0 aliphatic carbocycles. The number of hydrogen-bond donors (Lipinski definition) is 1. The quantitative estimate of drug-likeness (QED) is 0.356. The summed E-state index contributed by atoms with van der Waals surface area (Å²) in [5.74, 6) is 2.59. The molecule has 3 rings (SSSR count). The summed E-state index contributed by atoms with van der Waals surface area (Å²) < 4.78 is 21.8. The van der Waals surface area contributed by atoms with Crippen molar-refractivity contribution in [2.75, 3.05) is 20.8 Å². The summed E-state index contributed by atoms with van der Waals surface area (Å²) in [7, 11) is 3.16. The van der Waals surface area contributed by atoms with E-state index in [2.05, 4.69) is 12.1 Å². The Balaban J connectivity index is 1.64. The van der Waals surface area contributed by atoms with Gasteiger partial charge in [0.2, 0.25) is 0 Å². The van der Waals surface area contributed by atoms with E-state index in [4.69, 9.17) is 18.7 Å². The molecule has 6 heteroatoms. The number of aromatic hydroxyl groups is 1. The van der Waals surface area contributed by atoms with Crippen LogP contribution in [0.15, 0.2) is 47.0 Å². The Morgan fingerprint density at radius 1 is 0.844 bits per heavy atom. The molecular weight excluding hydrogens is 406 g/mol. The van der Waals surface area contributed by atoms with Gasteiger partial charge in [-0.15, -0.1) is 0 Å². The number of aromatic nitrogens is 1. The Bertz CT molecular complexity index is 1070. The molecule has 3 aromatic rings. The predicted molar refractivity (Wildman–Crippen MR) is 127 cm³/mol. The number of benzene rings is 2. The second-order valence-electron chi connectivity index (χ2n) is 7.22. The second kappa shape index (κ2) is 11.6. The van der Waals surface area contributed by atoms with Crippen LogP contribution in [0, 0.1) is 0 Å². The summed E-state index contributed by atoms with van der Waals surface area (Å²) in [6, 6.07) is 12.8. The minimum Gasteiger partial charge on any atom is -0.504 e. The molecule has 0 saturated carbocycles. The monoisotopic (exact) mass is 435 g/mol. The number of nitrogens with zero attached hydrogens (tertiary/aromatic N) is 1. The highest BCUT2D eigenvalue weighted by atomic mass is 16.5. The molecule has 0 aliphatic heterocycles. The van der Waals surface area contributed by atoms with Crippen LogP contribution < -0.4 is 14.2 Å². The molecular formula is C26H29NO5. The van der Waals surface area contributed by atoms with Crippen molar-refractivity contribution in [2.45, 2.75) is 26.2 Å². The van der Waals surface area contributed by atoms with Crippen molar-refractivity contribution in [3.05, 3.63) is 65.0 Å². The molecule has 0 bridgehead atoms. The Morgan fingerprint density at radius 3 is 2.31 bits per heavy atom. The van der Waals surface area contributed by atoms with E-state index in [1.807, 2.05) is 48.6 Å². The minimum absolute atomic E-state index is 0.101. The summed E-state index contributed by atoms with van der Waals surface area (Å²) >= 11 is 0. The van der Waals surface area contributed by atoms with Crippen molar-refractivity contribution < 1.29 is 23.8 Å². The van der Waals surface area contributed by atoms with Crippen LogP contribution in [0.1, 0.15) is 48.8 Å². The number of unbranched alkanes of at least 4 members (excludes halogenated alkanes) is 2. The maximum absolute atomic E-state index is 9.68. The van der Waals surface area contributed by atoms with Gasteiger partial charge >= 0.3 is 0 Å². The topological polar surface area (TPSA) is 74.0 Å². The van der Waals surface area contributed by atoms with E-state index in [-0.39, 0.29) is 5.75 Å². The van der Waals surface area contributed by atoms with Gasteiger partial charge in [-0.2, -0.15) is 0 Å². The van der Waals surface area contributed by atoms with Gasteiger partial charge in [-0.3, -0.25) is 0 Å². The van der Waals surface area contributed by atoms with E-state index in [1.165, 1.54) is 7.11 Å². The zero-order chi connectivity index (χ0) is 22.8. The summed E-state index contributed by atoms with van der Waals surface area (Å²) in [5, 5.41) is 13.8. The van der Waals surface area contributed by atoms with Gasteiger partial charge in [0.1, 0.15) is 5.69 Å². The summed E-state index contributed by atoms with van der Waals surface area (Å²) in [6.07, 6.45) is 10.8. The molecule has 0 amide bonds. The highest BCUT2D eigenvalue weighted by molar-refractivity contribution is 5.72. The number of methoxy groups -OCH3 is 2. The largest absolute Gasteiger partial charge is 0.504 e. The zero-order valence-electron chi connectivity index (χ0n) is 18.7. The van der Waals surface area contributed by atoms with Crippen LogP contribution in [0.4, 0.5) is 0 Å². The SMILES string of the molecule is CCCCCOc1ccc(/C=C/c2cc(/C=C/c3ccc(O)c(OC)c3)on2)cc1OC. The van der Waals surface area contributed by atoms with E-state index in [0.717, 1.165) is 36.1 Å². The third-order valence-corrected chi connectivity index (χ3v) is 4.83. The normalized spacial score (nSPS) is 11.3. The van der Waals surface area contributed by atoms with Gasteiger partial charge < -0.3 is 23.8 Å². The first kappa shape index (κ1) is 23.0. The molecule has 1 heterocycles. The lowest BCUT2D eigenvalue weighted by Gasteiger charge is -2.11. The number of rotatable bonds is 11. The molecule has 6 nitrogen and oxygen atoms in total. The van der Waals surface area contributed by atoms with E-state index < -0.39 is 0 Å². The van der Waals surface area contributed by atoms with Crippen LogP contribution in [0.5, 0.6) is 23.0 Å². The number of hydrogen-bond acceptors (Lipinski definition) is 6. The summed E-state index contributed by atoms with van der Waals surface area (Å²) in [5.41, 5.74) is 2.54. The molecule has 0 radical (unpaired) electrons. The zero-order valence-corrected chi connectivity index (χ0v) is 18.7. The van der Waals surface area contributed by atoms with Gasteiger partial charge in [0.05, 0.1) is 20.8 Å². The van der Waals surface area contributed by atoms with Crippen molar-refractivity contribution in [1.82, 2.24) is 5.16 Å². The Hall–Kier alpha value is -3.67. The summed E-state index contributed by atoms with van der Waals surface area (Å²) in [6.45, 7) is 2.86. The highest BCUT2D eigenvalue weighted by Crippen LogP contribution is 2.29. The maximum atomic E-state index is 9.68. The van der Waals surface area contributed by atoms with Crippen LogP contribution in [0.2, 0.25) is 0 Å². The molecule has 1 aromatic heterocycles. The molecule has 168 valence electrons. The Kier molecular flexibility index (Phi) is 8.37. The van der Waals surface area contributed by atoms with Gasteiger partial charge in [-0.25, -0.2) is 0 Å². The van der Waals surface area contributed by atoms with Crippen LogP contribution in [-0.4, -0.2) is 31.1 Å². The van der Waals surface area contributed by atoms with Crippen molar-refractivity contribution >= 4 is 24.3 Å². The van der Waals surface area contributed by atoms with E-state index in [1.54, 1.807) is 25.3 Å². The van der Waals surface area contributed by atoms with E-state index >= 15 is 0 Å². The minimum atomic E-state index is 0.101.